The lowest BCUT2D eigenvalue weighted by Gasteiger charge is -2.37. The number of fused-ring (bicyclic) bond motifs is 1. The molecule has 0 aromatic carbocycles. The van der Waals surface area contributed by atoms with Gasteiger partial charge in [0.15, 0.2) is 5.78 Å². The second-order valence-electron chi connectivity index (χ2n) is 9.26. The summed E-state index contributed by atoms with van der Waals surface area (Å²) in [5, 5.41) is 20.0. The summed E-state index contributed by atoms with van der Waals surface area (Å²) in [7, 11) is 0. The summed E-state index contributed by atoms with van der Waals surface area (Å²) in [6.07, 6.45) is 12.9. The summed E-state index contributed by atoms with van der Waals surface area (Å²) in [4.78, 5) is 12.0. The molecular weight excluding hydrogens is 364 g/mol. The van der Waals surface area contributed by atoms with Crippen LogP contribution in [0.3, 0.4) is 0 Å². The number of hydrogen-bond donors (Lipinski definition) is 2. The summed E-state index contributed by atoms with van der Waals surface area (Å²) < 4.78 is 6.18. The van der Waals surface area contributed by atoms with Crippen molar-refractivity contribution in [2.24, 2.45) is 11.8 Å². The van der Waals surface area contributed by atoms with Crippen molar-refractivity contribution in [3.63, 3.8) is 0 Å². The lowest BCUT2D eigenvalue weighted by Crippen LogP contribution is -2.38. The highest BCUT2D eigenvalue weighted by Gasteiger charge is 2.36. The topological polar surface area (TPSA) is 66.8 Å². The lowest BCUT2D eigenvalue weighted by molar-refractivity contribution is -0.119. The van der Waals surface area contributed by atoms with Gasteiger partial charge in [-0.25, -0.2) is 0 Å². The van der Waals surface area contributed by atoms with Gasteiger partial charge in [0, 0.05) is 12.3 Å². The van der Waals surface area contributed by atoms with E-state index in [2.05, 4.69) is 26.8 Å². The molecule has 4 heteroatoms. The largest absolute Gasteiger partial charge is 0.393 e. The number of hydrogen-bond acceptors (Lipinski definition) is 4. The van der Waals surface area contributed by atoms with Crippen LogP contribution in [-0.4, -0.2) is 40.9 Å². The second kappa shape index (κ2) is 11.8. The number of allylic oxidation sites excluding steroid dienone is 3. The first kappa shape index (κ1) is 24.0. The Bertz CT molecular complexity index is 627. The van der Waals surface area contributed by atoms with Crippen molar-refractivity contribution in [2.75, 3.05) is 6.61 Å². The Morgan fingerprint density at radius 3 is 2.66 bits per heavy atom. The predicted octanol–water partition coefficient (Wildman–Crippen LogP) is 4.90. The third kappa shape index (κ3) is 7.84. The van der Waals surface area contributed by atoms with Crippen LogP contribution in [0.2, 0.25) is 0 Å². The van der Waals surface area contributed by atoms with Gasteiger partial charge in [0.05, 0.1) is 24.9 Å². The molecule has 29 heavy (non-hydrogen) atoms. The first-order valence-corrected chi connectivity index (χ1v) is 11.3. The smallest absolute Gasteiger partial charge is 0.159 e. The van der Waals surface area contributed by atoms with Gasteiger partial charge < -0.3 is 14.9 Å². The van der Waals surface area contributed by atoms with E-state index >= 15 is 0 Å². The highest BCUT2D eigenvalue weighted by Crippen LogP contribution is 2.35. The molecule has 1 heterocycles. The first-order chi connectivity index (χ1) is 13.8. The Balaban J connectivity index is 1.71. The average Bonchev–Trinajstić information content (AvgIpc) is 2.67. The molecule has 2 aliphatic rings. The summed E-state index contributed by atoms with van der Waals surface area (Å²) in [6.45, 7) is 8.37. The molecule has 1 aliphatic heterocycles. The third-order valence-electron chi connectivity index (χ3n) is 6.24. The summed E-state index contributed by atoms with van der Waals surface area (Å²) >= 11 is 0. The standard InChI is InChI=1S/C25H40O4/c1-17(2)11-12-18(3)7-5-8-21(27)9-6-10-22-14-20(16-26)23-15-24(28)19(4)13-25(23)29-22/h11,13-14,18,21-23,25-27H,5-10,12,15-16H2,1-4H3/t18?,21-,22+,23-,25-/m1/s1. The van der Waals surface area contributed by atoms with Crippen LogP contribution >= 0.6 is 0 Å². The maximum Gasteiger partial charge on any atom is 0.159 e. The molecule has 164 valence electrons. The maximum absolute atomic E-state index is 12.0. The molecular formula is C25H40O4. The van der Waals surface area contributed by atoms with E-state index in [0.29, 0.717) is 12.3 Å². The molecule has 0 aromatic heterocycles. The number of Topliss-reactive ketones (excluding diaryl/α,β-unsaturated/α-hetero) is 1. The molecule has 0 saturated carbocycles. The quantitative estimate of drug-likeness (QED) is 0.481. The normalized spacial score (nSPS) is 26.3. The highest BCUT2D eigenvalue weighted by atomic mass is 16.5. The fourth-order valence-electron chi connectivity index (χ4n) is 4.29. The summed E-state index contributed by atoms with van der Waals surface area (Å²) in [5.41, 5.74) is 3.06. The Kier molecular flexibility index (Phi) is 9.81. The van der Waals surface area contributed by atoms with Crippen molar-refractivity contribution in [1.82, 2.24) is 0 Å². The SMILES string of the molecule is CC(C)=CCC(C)CCC[C@@H](O)CCC[C@H]1C=C(CO)[C@H]2CC(=O)C(C)=C[C@H]2O1. The van der Waals surface area contributed by atoms with Crippen LogP contribution in [-0.2, 0) is 9.53 Å². The molecule has 5 atom stereocenters. The van der Waals surface area contributed by atoms with E-state index in [1.165, 1.54) is 5.57 Å². The number of rotatable bonds is 11. The molecule has 0 fully saturated rings. The van der Waals surface area contributed by atoms with E-state index in [1.54, 1.807) is 0 Å². The molecule has 0 aromatic rings. The number of aliphatic hydroxyl groups is 2. The van der Waals surface area contributed by atoms with Gasteiger partial charge in [-0.15, -0.1) is 0 Å². The monoisotopic (exact) mass is 404 g/mol. The Labute approximate surface area is 176 Å². The fraction of sp³-hybridized carbons (Fsp3) is 0.720. The van der Waals surface area contributed by atoms with Gasteiger partial charge in [-0.1, -0.05) is 37.5 Å². The van der Waals surface area contributed by atoms with E-state index < -0.39 is 0 Å². The number of aliphatic hydroxyl groups excluding tert-OH is 2. The van der Waals surface area contributed by atoms with E-state index in [9.17, 15) is 15.0 Å². The van der Waals surface area contributed by atoms with Crippen molar-refractivity contribution in [3.8, 4) is 0 Å². The molecule has 0 amide bonds. The molecule has 2 rings (SSSR count). The van der Waals surface area contributed by atoms with Crippen molar-refractivity contribution in [1.29, 1.82) is 0 Å². The fourth-order valence-corrected chi connectivity index (χ4v) is 4.29. The van der Waals surface area contributed by atoms with Crippen molar-refractivity contribution >= 4 is 5.78 Å². The summed E-state index contributed by atoms with van der Waals surface area (Å²) in [6, 6.07) is 0. The molecule has 0 saturated heterocycles. The molecule has 1 aliphatic carbocycles. The maximum atomic E-state index is 12.0. The van der Waals surface area contributed by atoms with E-state index in [-0.39, 0.29) is 36.6 Å². The van der Waals surface area contributed by atoms with Crippen molar-refractivity contribution in [2.45, 2.75) is 97.4 Å². The average molecular weight is 405 g/mol. The molecule has 2 N–H and O–H groups in total. The minimum absolute atomic E-state index is 0.0191. The Hall–Kier alpha value is -1.23. The third-order valence-corrected chi connectivity index (χ3v) is 6.24. The van der Waals surface area contributed by atoms with Gasteiger partial charge >= 0.3 is 0 Å². The Morgan fingerprint density at radius 2 is 1.97 bits per heavy atom. The van der Waals surface area contributed by atoms with Crippen LogP contribution in [0.15, 0.2) is 34.9 Å². The summed E-state index contributed by atoms with van der Waals surface area (Å²) in [5.74, 6) is 0.791. The van der Waals surface area contributed by atoms with Gasteiger partial charge in [-0.3, -0.25) is 4.79 Å². The first-order valence-electron chi connectivity index (χ1n) is 11.3. The molecule has 4 nitrogen and oxygen atoms in total. The van der Waals surface area contributed by atoms with Gasteiger partial charge in [-0.05, 0) is 76.0 Å². The molecule has 1 unspecified atom stereocenters. The van der Waals surface area contributed by atoms with Gasteiger partial charge in [0.2, 0.25) is 0 Å². The van der Waals surface area contributed by atoms with Gasteiger partial charge in [0.1, 0.15) is 0 Å². The zero-order chi connectivity index (χ0) is 21.4. The zero-order valence-electron chi connectivity index (χ0n) is 18.7. The number of ketones is 1. The second-order valence-corrected chi connectivity index (χ2v) is 9.26. The van der Waals surface area contributed by atoms with Crippen molar-refractivity contribution in [3.05, 3.63) is 34.9 Å². The van der Waals surface area contributed by atoms with Crippen LogP contribution in [0.1, 0.15) is 79.1 Å². The van der Waals surface area contributed by atoms with E-state index in [0.717, 1.165) is 56.1 Å². The zero-order valence-corrected chi connectivity index (χ0v) is 18.7. The molecule has 0 spiro atoms. The minimum atomic E-state index is -0.252. The van der Waals surface area contributed by atoms with Crippen LogP contribution in [0.25, 0.3) is 0 Å². The number of carbonyl (C=O) groups is 1. The molecule has 0 bridgehead atoms. The Morgan fingerprint density at radius 1 is 1.24 bits per heavy atom. The van der Waals surface area contributed by atoms with Gasteiger partial charge in [-0.2, -0.15) is 0 Å². The highest BCUT2D eigenvalue weighted by molar-refractivity contribution is 5.96. The van der Waals surface area contributed by atoms with Gasteiger partial charge in [0.25, 0.3) is 0 Å². The van der Waals surface area contributed by atoms with Crippen molar-refractivity contribution < 1.29 is 19.7 Å². The minimum Gasteiger partial charge on any atom is -0.393 e. The van der Waals surface area contributed by atoms with Crippen LogP contribution in [0.4, 0.5) is 0 Å². The lowest BCUT2D eigenvalue weighted by atomic mass is 9.79. The van der Waals surface area contributed by atoms with Crippen LogP contribution < -0.4 is 0 Å². The van der Waals surface area contributed by atoms with E-state index in [1.807, 2.05) is 19.1 Å². The number of carbonyl (C=O) groups excluding carboxylic acids is 1. The van der Waals surface area contributed by atoms with E-state index in [4.69, 9.17) is 4.74 Å². The van der Waals surface area contributed by atoms with Crippen LogP contribution in [0, 0.1) is 11.8 Å². The number of ether oxygens (including phenoxy) is 1. The molecule has 0 radical (unpaired) electrons. The van der Waals surface area contributed by atoms with Crippen LogP contribution in [0.5, 0.6) is 0 Å². The predicted molar refractivity (Wildman–Crippen MR) is 118 cm³/mol.